The molecule has 1 N–H and O–H groups in total. The van der Waals surface area contributed by atoms with E-state index < -0.39 is 0 Å². The molecule has 4 nitrogen and oxygen atoms in total. The van der Waals surface area contributed by atoms with E-state index in [2.05, 4.69) is 15.1 Å². The Morgan fingerprint density at radius 1 is 0.958 bits per heavy atom. The fourth-order valence-electron chi connectivity index (χ4n) is 2.52. The van der Waals surface area contributed by atoms with E-state index in [1.165, 1.54) is 0 Å². The van der Waals surface area contributed by atoms with E-state index in [-0.39, 0.29) is 5.91 Å². The van der Waals surface area contributed by atoms with Crippen LogP contribution in [0.25, 0.3) is 5.69 Å². The quantitative estimate of drug-likeness (QED) is 0.576. The lowest BCUT2D eigenvalue weighted by Crippen LogP contribution is -2.17. The maximum Gasteiger partial charge on any atom is 0.271 e. The molecule has 2 aromatic carbocycles. The van der Waals surface area contributed by atoms with Gasteiger partial charge in [0.2, 0.25) is 0 Å². The number of carbonyl (C=O) groups is 1. The number of hydrogen-bond donors (Lipinski definition) is 1. The zero-order valence-corrected chi connectivity index (χ0v) is 13.7. The first kappa shape index (κ1) is 15.7. The van der Waals surface area contributed by atoms with E-state index in [0.29, 0.717) is 5.56 Å². The Labute approximate surface area is 141 Å². The van der Waals surface area contributed by atoms with Crippen molar-refractivity contribution >= 4 is 12.1 Å². The molecule has 0 radical (unpaired) electrons. The molecule has 0 saturated heterocycles. The lowest BCUT2D eigenvalue weighted by Gasteiger charge is -2.08. The van der Waals surface area contributed by atoms with Crippen LogP contribution >= 0.6 is 0 Å². The van der Waals surface area contributed by atoms with Gasteiger partial charge in [-0.3, -0.25) is 4.79 Å². The zero-order valence-electron chi connectivity index (χ0n) is 13.7. The van der Waals surface area contributed by atoms with Crippen molar-refractivity contribution in [1.29, 1.82) is 0 Å². The number of benzene rings is 2. The second kappa shape index (κ2) is 6.96. The SMILES string of the molecule is Cc1ccc(C(=O)N/N=C/c2ccc(C)n2-c2ccccc2)cc1. The van der Waals surface area contributed by atoms with Gasteiger partial charge in [0.15, 0.2) is 0 Å². The number of rotatable bonds is 4. The van der Waals surface area contributed by atoms with Crippen molar-refractivity contribution in [1.82, 2.24) is 9.99 Å². The van der Waals surface area contributed by atoms with E-state index in [1.807, 2.05) is 68.4 Å². The predicted octanol–water partition coefficient (Wildman–Crippen LogP) is 3.86. The average Bonchev–Trinajstić information content (AvgIpc) is 2.97. The third kappa shape index (κ3) is 3.43. The van der Waals surface area contributed by atoms with Crippen molar-refractivity contribution < 1.29 is 4.79 Å². The Hall–Kier alpha value is -3.14. The summed E-state index contributed by atoms with van der Waals surface area (Å²) in [6, 6.07) is 21.4. The summed E-state index contributed by atoms with van der Waals surface area (Å²) in [4.78, 5) is 12.1. The summed E-state index contributed by atoms with van der Waals surface area (Å²) in [5.41, 5.74) is 7.35. The largest absolute Gasteiger partial charge is 0.313 e. The van der Waals surface area contributed by atoms with E-state index in [9.17, 15) is 4.79 Å². The summed E-state index contributed by atoms with van der Waals surface area (Å²) in [5.74, 6) is -0.221. The van der Waals surface area contributed by atoms with Gasteiger partial charge in [0.25, 0.3) is 5.91 Å². The molecule has 120 valence electrons. The summed E-state index contributed by atoms with van der Waals surface area (Å²) in [5, 5.41) is 4.09. The lowest BCUT2D eigenvalue weighted by atomic mass is 10.1. The minimum Gasteiger partial charge on any atom is -0.313 e. The van der Waals surface area contributed by atoms with Gasteiger partial charge in [-0.2, -0.15) is 5.10 Å². The molecule has 0 aliphatic heterocycles. The average molecular weight is 317 g/mol. The molecule has 0 unspecified atom stereocenters. The highest BCUT2D eigenvalue weighted by molar-refractivity contribution is 5.94. The second-order valence-electron chi connectivity index (χ2n) is 5.64. The molecule has 3 aromatic rings. The van der Waals surface area contributed by atoms with Crippen molar-refractivity contribution in [2.24, 2.45) is 5.10 Å². The fraction of sp³-hybridized carbons (Fsp3) is 0.100. The maximum absolute atomic E-state index is 12.1. The maximum atomic E-state index is 12.1. The van der Waals surface area contributed by atoms with Gasteiger partial charge in [0.05, 0.1) is 11.9 Å². The summed E-state index contributed by atoms with van der Waals surface area (Å²) in [7, 11) is 0. The van der Waals surface area contributed by atoms with Gasteiger partial charge in [-0.15, -0.1) is 0 Å². The van der Waals surface area contributed by atoms with Gasteiger partial charge in [0, 0.05) is 16.9 Å². The molecule has 0 aliphatic carbocycles. The number of aromatic nitrogens is 1. The second-order valence-corrected chi connectivity index (χ2v) is 5.64. The molecular weight excluding hydrogens is 298 g/mol. The number of aryl methyl sites for hydroxylation is 2. The molecule has 24 heavy (non-hydrogen) atoms. The fourth-order valence-corrected chi connectivity index (χ4v) is 2.52. The molecule has 4 heteroatoms. The highest BCUT2D eigenvalue weighted by Gasteiger charge is 2.06. The number of hydrazone groups is 1. The van der Waals surface area contributed by atoms with E-state index >= 15 is 0 Å². The van der Waals surface area contributed by atoms with Crippen LogP contribution in [0.3, 0.4) is 0 Å². The predicted molar refractivity (Wildman–Crippen MR) is 96.7 cm³/mol. The zero-order chi connectivity index (χ0) is 16.9. The van der Waals surface area contributed by atoms with Crippen LogP contribution in [-0.2, 0) is 0 Å². The van der Waals surface area contributed by atoms with Gasteiger partial charge in [-0.25, -0.2) is 5.43 Å². The van der Waals surface area contributed by atoms with Crippen LogP contribution in [0.5, 0.6) is 0 Å². The number of carbonyl (C=O) groups excluding carboxylic acids is 1. The number of nitrogens with one attached hydrogen (secondary N) is 1. The molecule has 0 saturated carbocycles. The Balaban J connectivity index is 1.76. The molecule has 1 heterocycles. The monoisotopic (exact) mass is 317 g/mol. The minimum absolute atomic E-state index is 0.221. The highest BCUT2D eigenvalue weighted by Crippen LogP contribution is 2.15. The van der Waals surface area contributed by atoms with Gasteiger partial charge in [0.1, 0.15) is 0 Å². The molecule has 0 atom stereocenters. The molecule has 0 aliphatic rings. The number of nitrogens with zero attached hydrogens (tertiary/aromatic N) is 2. The van der Waals surface area contributed by atoms with Crippen LogP contribution in [0.2, 0.25) is 0 Å². The number of amides is 1. The molecule has 0 fully saturated rings. The highest BCUT2D eigenvalue weighted by atomic mass is 16.2. The Bertz CT molecular complexity index is 862. The number of hydrogen-bond acceptors (Lipinski definition) is 2. The molecule has 3 rings (SSSR count). The summed E-state index contributed by atoms with van der Waals surface area (Å²) >= 11 is 0. The third-order valence-corrected chi connectivity index (χ3v) is 3.80. The normalized spacial score (nSPS) is 10.9. The van der Waals surface area contributed by atoms with Crippen molar-refractivity contribution in [3.8, 4) is 5.69 Å². The van der Waals surface area contributed by atoms with E-state index in [4.69, 9.17) is 0 Å². The third-order valence-electron chi connectivity index (χ3n) is 3.80. The van der Waals surface area contributed by atoms with Gasteiger partial charge < -0.3 is 4.57 Å². The molecule has 1 amide bonds. The molecular formula is C20H19N3O. The topological polar surface area (TPSA) is 46.4 Å². The molecule has 0 bridgehead atoms. The molecule has 1 aromatic heterocycles. The first-order valence-corrected chi connectivity index (χ1v) is 7.79. The van der Waals surface area contributed by atoms with Gasteiger partial charge in [-0.1, -0.05) is 35.9 Å². The van der Waals surface area contributed by atoms with Gasteiger partial charge >= 0.3 is 0 Å². The Kier molecular flexibility index (Phi) is 4.57. The smallest absolute Gasteiger partial charge is 0.271 e. The summed E-state index contributed by atoms with van der Waals surface area (Å²) in [6.07, 6.45) is 1.66. The molecule has 0 spiro atoms. The van der Waals surface area contributed by atoms with Crippen molar-refractivity contribution in [2.75, 3.05) is 0 Å². The Morgan fingerprint density at radius 3 is 2.38 bits per heavy atom. The van der Waals surface area contributed by atoms with Crippen molar-refractivity contribution in [3.63, 3.8) is 0 Å². The standard InChI is InChI=1S/C20H19N3O/c1-15-8-11-17(12-9-15)20(24)22-21-14-19-13-10-16(2)23(19)18-6-4-3-5-7-18/h3-14H,1-2H3,(H,22,24)/b21-14+. The van der Waals surface area contributed by atoms with Crippen LogP contribution in [0.15, 0.2) is 71.8 Å². The van der Waals surface area contributed by atoms with Crippen LogP contribution in [0, 0.1) is 13.8 Å². The van der Waals surface area contributed by atoms with E-state index in [1.54, 1.807) is 18.3 Å². The number of para-hydroxylation sites is 1. The van der Waals surface area contributed by atoms with Crippen molar-refractivity contribution in [2.45, 2.75) is 13.8 Å². The van der Waals surface area contributed by atoms with Crippen LogP contribution in [-0.4, -0.2) is 16.7 Å². The van der Waals surface area contributed by atoms with E-state index in [0.717, 1.165) is 22.6 Å². The minimum atomic E-state index is -0.221. The lowest BCUT2D eigenvalue weighted by molar-refractivity contribution is 0.0955. The van der Waals surface area contributed by atoms with Crippen LogP contribution in [0.1, 0.15) is 27.3 Å². The van der Waals surface area contributed by atoms with Crippen LogP contribution in [0.4, 0.5) is 0 Å². The Morgan fingerprint density at radius 2 is 1.67 bits per heavy atom. The van der Waals surface area contributed by atoms with Crippen LogP contribution < -0.4 is 5.43 Å². The summed E-state index contributed by atoms with van der Waals surface area (Å²) in [6.45, 7) is 4.02. The first-order valence-electron chi connectivity index (χ1n) is 7.79. The van der Waals surface area contributed by atoms with Gasteiger partial charge in [-0.05, 0) is 50.2 Å². The van der Waals surface area contributed by atoms with Crippen molar-refractivity contribution in [3.05, 3.63) is 89.2 Å². The first-order chi connectivity index (χ1) is 11.6. The summed E-state index contributed by atoms with van der Waals surface area (Å²) < 4.78 is 2.08.